The normalized spacial score (nSPS) is 10.4. The first-order chi connectivity index (χ1) is 8.16. The number of aromatic amines is 1. The molecule has 0 radical (unpaired) electrons. The zero-order valence-corrected chi connectivity index (χ0v) is 11.8. The van der Waals surface area contributed by atoms with Crippen LogP contribution in [-0.4, -0.2) is 9.97 Å². The smallest absolute Gasteiger partial charge is 0.267 e. The Kier molecular flexibility index (Phi) is 4.06. The fraction of sp³-hybridized carbons (Fsp3) is 0.0909. The van der Waals surface area contributed by atoms with Gasteiger partial charge in [-0.2, -0.15) is 0 Å². The molecule has 0 fully saturated rings. The molecule has 0 atom stereocenters. The van der Waals surface area contributed by atoms with Gasteiger partial charge in [0.15, 0.2) is 5.16 Å². The number of nitrogen functional groups attached to an aromatic ring is 1. The largest absolute Gasteiger partial charge is 0.383 e. The minimum absolute atomic E-state index is 0.186. The molecule has 0 aliphatic carbocycles. The van der Waals surface area contributed by atoms with Crippen LogP contribution in [0.2, 0.25) is 0 Å². The Morgan fingerprint density at radius 3 is 2.71 bits per heavy atom. The van der Waals surface area contributed by atoms with Gasteiger partial charge in [-0.25, -0.2) is 4.98 Å². The summed E-state index contributed by atoms with van der Waals surface area (Å²) in [7, 11) is 0. The topological polar surface area (TPSA) is 71.8 Å². The lowest BCUT2D eigenvalue weighted by Gasteiger charge is -2.03. The first-order valence-corrected chi connectivity index (χ1v) is 6.95. The highest BCUT2D eigenvalue weighted by Gasteiger charge is 2.06. The predicted molar refractivity (Wildman–Crippen MR) is 78.0 cm³/mol. The van der Waals surface area contributed by atoms with Crippen molar-refractivity contribution >= 4 is 40.2 Å². The maximum absolute atomic E-state index is 11.5. The summed E-state index contributed by atoms with van der Waals surface area (Å²) in [4.78, 5) is 18.3. The number of nitrogens with zero attached hydrogens (tertiary/aromatic N) is 1. The van der Waals surface area contributed by atoms with Gasteiger partial charge in [0.25, 0.3) is 5.56 Å². The number of hydrogen-bond acceptors (Lipinski definition) is 4. The Morgan fingerprint density at radius 2 is 2.06 bits per heavy atom. The SMILES string of the molecule is Nc1nc(SCc2ccccc2)[nH]c(=O)c1I. The number of nitrogens with two attached hydrogens (primary N) is 1. The van der Waals surface area contributed by atoms with Crippen molar-refractivity contribution < 1.29 is 0 Å². The lowest BCUT2D eigenvalue weighted by Crippen LogP contribution is -2.15. The van der Waals surface area contributed by atoms with Crippen LogP contribution in [-0.2, 0) is 5.75 Å². The molecule has 0 unspecified atom stereocenters. The van der Waals surface area contributed by atoms with E-state index >= 15 is 0 Å². The molecule has 0 spiro atoms. The second kappa shape index (κ2) is 5.54. The number of thioether (sulfide) groups is 1. The van der Waals surface area contributed by atoms with Gasteiger partial charge in [-0.3, -0.25) is 4.79 Å². The molecule has 0 aliphatic heterocycles. The van der Waals surface area contributed by atoms with Gasteiger partial charge in [0.05, 0.1) is 0 Å². The van der Waals surface area contributed by atoms with Crippen LogP contribution in [0.25, 0.3) is 0 Å². The summed E-state index contributed by atoms with van der Waals surface area (Å²) in [5.74, 6) is 1.04. The van der Waals surface area contributed by atoms with Crippen molar-refractivity contribution in [3.05, 3.63) is 49.8 Å². The molecule has 4 nitrogen and oxygen atoms in total. The van der Waals surface area contributed by atoms with Crippen LogP contribution in [0, 0.1) is 3.57 Å². The van der Waals surface area contributed by atoms with Crippen LogP contribution in [0.4, 0.5) is 5.82 Å². The average molecular weight is 359 g/mol. The third-order valence-electron chi connectivity index (χ3n) is 2.09. The van der Waals surface area contributed by atoms with Gasteiger partial charge in [-0.05, 0) is 28.2 Å². The van der Waals surface area contributed by atoms with Crippen molar-refractivity contribution in [3.63, 3.8) is 0 Å². The number of anilines is 1. The fourth-order valence-electron chi connectivity index (χ4n) is 1.25. The maximum Gasteiger partial charge on any atom is 0.267 e. The lowest BCUT2D eigenvalue weighted by atomic mass is 10.2. The first kappa shape index (κ1) is 12.4. The summed E-state index contributed by atoms with van der Waals surface area (Å²) in [5, 5.41) is 0.553. The Morgan fingerprint density at radius 1 is 1.35 bits per heavy atom. The van der Waals surface area contributed by atoms with E-state index in [4.69, 9.17) is 5.73 Å². The second-order valence-corrected chi connectivity index (χ2v) is 5.39. The number of nitrogens with one attached hydrogen (secondary N) is 1. The summed E-state index contributed by atoms with van der Waals surface area (Å²) < 4.78 is 0.437. The summed E-state index contributed by atoms with van der Waals surface area (Å²) in [6.07, 6.45) is 0. The number of rotatable bonds is 3. The zero-order valence-electron chi connectivity index (χ0n) is 8.81. The predicted octanol–water partition coefficient (Wildman–Crippen LogP) is 2.25. The van der Waals surface area contributed by atoms with E-state index in [0.717, 1.165) is 5.75 Å². The van der Waals surface area contributed by atoms with Crippen molar-refractivity contribution in [1.82, 2.24) is 9.97 Å². The van der Waals surface area contributed by atoms with Crippen molar-refractivity contribution in [2.45, 2.75) is 10.9 Å². The molecule has 0 bridgehead atoms. The zero-order chi connectivity index (χ0) is 12.3. The summed E-state index contributed by atoms with van der Waals surface area (Å²) in [6.45, 7) is 0. The van der Waals surface area contributed by atoms with Crippen molar-refractivity contribution in [2.75, 3.05) is 5.73 Å². The molecule has 0 saturated carbocycles. The van der Waals surface area contributed by atoms with E-state index in [0.29, 0.717) is 8.73 Å². The standard InChI is InChI=1S/C11H10IN3OS/c12-8-9(13)14-11(15-10(8)16)17-6-7-4-2-1-3-5-7/h1-5H,6H2,(H3,13,14,15,16). The third-order valence-corrected chi connectivity index (χ3v) is 4.07. The van der Waals surface area contributed by atoms with E-state index in [1.54, 1.807) is 0 Å². The van der Waals surface area contributed by atoms with Gasteiger partial charge in [-0.1, -0.05) is 42.1 Å². The van der Waals surface area contributed by atoms with E-state index in [2.05, 4.69) is 9.97 Å². The summed E-state index contributed by atoms with van der Waals surface area (Å²) >= 11 is 3.35. The molecule has 6 heteroatoms. The van der Waals surface area contributed by atoms with E-state index in [1.165, 1.54) is 17.3 Å². The highest BCUT2D eigenvalue weighted by atomic mass is 127. The van der Waals surface area contributed by atoms with Crippen molar-refractivity contribution in [2.24, 2.45) is 0 Å². The molecular weight excluding hydrogens is 349 g/mol. The first-order valence-electron chi connectivity index (χ1n) is 4.89. The highest BCUT2D eigenvalue weighted by molar-refractivity contribution is 14.1. The average Bonchev–Trinajstić information content (AvgIpc) is 2.34. The molecule has 2 rings (SSSR count). The number of benzene rings is 1. The van der Waals surface area contributed by atoms with Crippen LogP contribution in [0.3, 0.4) is 0 Å². The van der Waals surface area contributed by atoms with E-state index in [1.807, 2.05) is 52.9 Å². The number of H-pyrrole nitrogens is 1. The van der Waals surface area contributed by atoms with Crippen LogP contribution < -0.4 is 11.3 Å². The fourth-order valence-corrected chi connectivity index (χ4v) is 2.33. The molecule has 0 saturated heterocycles. The molecule has 1 aromatic carbocycles. The molecular formula is C11H10IN3OS. The summed E-state index contributed by atoms with van der Waals surface area (Å²) in [6, 6.07) is 9.99. The molecule has 2 aromatic rings. The minimum Gasteiger partial charge on any atom is -0.383 e. The van der Waals surface area contributed by atoms with Gasteiger partial charge in [0.1, 0.15) is 9.39 Å². The van der Waals surface area contributed by atoms with Crippen molar-refractivity contribution in [3.8, 4) is 0 Å². The van der Waals surface area contributed by atoms with E-state index in [-0.39, 0.29) is 11.4 Å². The summed E-state index contributed by atoms with van der Waals surface area (Å²) in [5.41, 5.74) is 6.63. The molecule has 1 heterocycles. The number of hydrogen-bond donors (Lipinski definition) is 2. The third kappa shape index (κ3) is 3.22. The Labute approximate surface area is 116 Å². The Hall–Kier alpha value is -1.02. The molecule has 1 aromatic heterocycles. The molecule has 0 amide bonds. The molecule has 17 heavy (non-hydrogen) atoms. The Balaban J connectivity index is 2.13. The molecule has 0 aliphatic rings. The van der Waals surface area contributed by atoms with Gasteiger partial charge in [0, 0.05) is 5.75 Å². The molecule has 88 valence electrons. The van der Waals surface area contributed by atoms with Crippen LogP contribution in [0.1, 0.15) is 5.56 Å². The Bertz CT molecular complexity index is 571. The van der Waals surface area contributed by atoms with Gasteiger partial charge < -0.3 is 10.7 Å². The molecule has 3 N–H and O–H groups in total. The van der Waals surface area contributed by atoms with Gasteiger partial charge in [-0.15, -0.1) is 0 Å². The minimum atomic E-state index is -0.186. The van der Waals surface area contributed by atoms with Crippen molar-refractivity contribution in [1.29, 1.82) is 0 Å². The van der Waals surface area contributed by atoms with Gasteiger partial charge in [0.2, 0.25) is 0 Å². The monoisotopic (exact) mass is 359 g/mol. The maximum atomic E-state index is 11.5. The van der Waals surface area contributed by atoms with E-state index in [9.17, 15) is 4.79 Å². The van der Waals surface area contributed by atoms with Crippen LogP contribution in [0.15, 0.2) is 40.3 Å². The second-order valence-electron chi connectivity index (χ2n) is 3.34. The highest BCUT2D eigenvalue weighted by Crippen LogP contribution is 2.19. The number of aromatic nitrogens is 2. The van der Waals surface area contributed by atoms with Crippen LogP contribution in [0.5, 0.6) is 0 Å². The van der Waals surface area contributed by atoms with E-state index < -0.39 is 0 Å². The number of halogens is 1. The van der Waals surface area contributed by atoms with Crippen LogP contribution >= 0.6 is 34.4 Å². The quantitative estimate of drug-likeness (QED) is 0.501. The lowest BCUT2D eigenvalue weighted by molar-refractivity contribution is 0.934. The van der Waals surface area contributed by atoms with Gasteiger partial charge >= 0.3 is 0 Å².